The molecule has 0 bridgehead atoms. The summed E-state index contributed by atoms with van der Waals surface area (Å²) in [4.78, 5) is 12.8. The predicted molar refractivity (Wildman–Crippen MR) is 128 cm³/mol. The lowest BCUT2D eigenvalue weighted by atomic mass is 10.2. The molecule has 2 heterocycles. The molecule has 0 spiro atoms. The van der Waals surface area contributed by atoms with Crippen molar-refractivity contribution in [2.75, 3.05) is 21.3 Å². The van der Waals surface area contributed by atoms with Crippen LogP contribution in [-0.2, 0) is 17.9 Å². The zero-order valence-corrected chi connectivity index (χ0v) is 20.3. The largest absolute Gasteiger partial charge is 0.493 e. The molecule has 2 aromatic carbocycles. The van der Waals surface area contributed by atoms with Crippen molar-refractivity contribution in [3.05, 3.63) is 76.9 Å². The van der Waals surface area contributed by atoms with Crippen molar-refractivity contribution >= 4 is 5.97 Å². The van der Waals surface area contributed by atoms with Gasteiger partial charge in [0.1, 0.15) is 0 Å². The Morgan fingerprint density at radius 2 is 1.63 bits per heavy atom. The SMILES string of the molecule is COc1cc(-c2nnc(COC(=O)c3cc(C)n(Cc4ccccc4)c3C)o2)cc(OC)c1OC. The number of ether oxygens (including phenoxy) is 4. The minimum absolute atomic E-state index is 0.154. The van der Waals surface area contributed by atoms with E-state index in [2.05, 4.69) is 26.9 Å². The molecular formula is C26H27N3O6. The zero-order valence-electron chi connectivity index (χ0n) is 20.3. The number of carbonyl (C=O) groups is 1. The number of hydrogen-bond acceptors (Lipinski definition) is 8. The van der Waals surface area contributed by atoms with Gasteiger partial charge in [0.25, 0.3) is 5.89 Å². The van der Waals surface area contributed by atoms with Crippen molar-refractivity contribution in [3.8, 4) is 28.7 Å². The van der Waals surface area contributed by atoms with E-state index in [1.807, 2.05) is 38.1 Å². The van der Waals surface area contributed by atoms with E-state index in [1.165, 1.54) is 21.3 Å². The molecule has 0 radical (unpaired) electrons. The van der Waals surface area contributed by atoms with Crippen molar-refractivity contribution < 1.29 is 28.2 Å². The number of esters is 1. The van der Waals surface area contributed by atoms with E-state index in [0.717, 1.165) is 17.0 Å². The lowest BCUT2D eigenvalue weighted by molar-refractivity contribution is 0.0437. The van der Waals surface area contributed by atoms with Crippen LogP contribution in [0.2, 0.25) is 0 Å². The second-order valence-corrected chi connectivity index (χ2v) is 7.85. The maximum absolute atomic E-state index is 12.8. The smallest absolute Gasteiger partial charge is 0.340 e. The normalized spacial score (nSPS) is 10.8. The number of nitrogens with zero attached hydrogens (tertiary/aromatic N) is 3. The molecule has 0 aliphatic rings. The molecule has 4 aromatic rings. The Bertz CT molecular complexity index is 1300. The van der Waals surface area contributed by atoms with Crippen LogP contribution in [-0.4, -0.2) is 42.1 Å². The van der Waals surface area contributed by atoms with Gasteiger partial charge in [-0.3, -0.25) is 0 Å². The molecule has 0 aliphatic heterocycles. The number of methoxy groups -OCH3 is 3. The standard InChI is InChI=1S/C26H27N3O6/c1-16-11-20(17(2)29(16)14-18-9-7-6-8-10-18)26(30)34-15-23-27-28-25(35-23)19-12-21(31-3)24(33-5)22(13-19)32-4/h6-13H,14-15H2,1-5H3. The molecule has 0 aliphatic carbocycles. The summed E-state index contributed by atoms with van der Waals surface area (Å²) in [5, 5.41) is 8.06. The maximum atomic E-state index is 12.8. The Balaban J connectivity index is 1.47. The predicted octanol–water partition coefficient (Wildman–Crippen LogP) is 4.59. The Morgan fingerprint density at radius 3 is 2.26 bits per heavy atom. The second kappa shape index (κ2) is 10.3. The van der Waals surface area contributed by atoms with E-state index in [0.29, 0.717) is 34.9 Å². The highest BCUT2D eigenvalue weighted by atomic mass is 16.5. The molecule has 0 atom stereocenters. The molecule has 35 heavy (non-hydrogen) atoms. The van der Waals surface area contributed by atoms with Crippen molar-refractivity contribution in [1.29, 1.82) is 0 Å². The number of benzene rings is 2. The molecule has 4 rings (SSSR count). The van der Waals surface area contributed by atoms with E-state index >= 15 is 0 Å². The summed E-state index contributed by atoms with van der Waals surface area (Å²) in [5.41, 5.74) is 4.04. The van der Waals surface area contributed by atoms with Crippen LogP contribution < -0.4 is 14.2 Å². The minimum Gasteiger partial charge on any atom is -0.493 e. The number of aryl methyl sites for hydroxylation is 1. The van der Waals surface area contributed by atoms with E-state index in [9.17, 15) is 4.79 Å². The highest BCUT2D eigenvalue weighted by molar-refractivity contribution is 5.91. The molecule has 9 nitrogen and oxygen atoms in total. The summed E-state index contributed by atoms with van der Waals surface area (Å²) in [6, 6.07) is 15.3. The van der Waals surface area contributed by atoms with Crippen molar-refractivity contribution in [1.82, 2.24) is 14.8 Å². The summed E-state index contributed by atoms with van der Waals surface area (Å²) in [5.74, 6) is 1.32. The highest BCUT2D eigenvalue weighted by Gasteiger charge is 2.20. The van der Waals surface area contributed by atoms with Crippen molar-refractivity contribution in [2.45, 2.75) is 27.0 Å². The molecule has 0 saturated heterocycles. The van der Waals surface area contributed by atoms with Gasteiger partial charge in [-0.15, -0.1) is 10.2 Å². The first-order valence-electron chi connectivity index (χ1n) is 11.0. The maximum Gasteiger partial charge on any atom is 0.340 e. The molecule has 0 unspecified atom stereocenters. The number of aromatic nitrogens is 3. The van der Waals surface area contributed by atoms with Crippen LogP contribution >= 0.6 is 0 Å². The highest BCUT2D eigenvalue weighted by Crippen LogP contribution is 2.40. The molecular weight excluding hydrogens is 450 g/mol. The summed E-state index contributed by atoms with van der Waals surface area (Å²) in [6.07, 6.45) is 0. The summed E-state index contributed by atoms with van der Waals surface area (Å²) in [6.45, 7) is 4.39. The first kappa shape index (κ1) is 23.9. The number of hydrogen-bond donors (Lipinski definition) is 0. The van der Waals surface area contributed by atoms with Crippen LogP contribution in [0, 0.1) is 13.8 Å². The van der Waals surface area contributed by atoms with Gasteiger partial charge < -0.3 is 27.9 Å². The Kier molecular flexibility index (Phi) is 7.05. The monoisotopic (exact) mass is 477 g/mol. The van der Waals surface area contributed by atoms with Crippen LogP contribution in [0.1, 0.15) is 33.2 Å². The number of rotatable bonds is 9. The average molecular weight is 478 g/mol. The van der Waals surface area contributed by atoms with Gasteiger partial charge in [-0.05, 0) is 37.6 Å². The van der Waals surface area contributed by atoms with E-state index in [-0.39, 0.29) is 18.4 Å². The van der Waals surface area contributed by atoms with Crippen LogP contribution in [0.3, 0.4) is 0 Å². The van der Waals surface area contributed by atoms with Crippen LogP contribution in [0.25, 0.3) is 11.5 Å². The fourth-order valence-corrected chi connectivity index (χ4v) is 3.86. The quantitative estimate of drug-likeness (QED) is 0.323. The average Bonchev–Trinajstić information content (AvgIpc) is 3.47. The van der Waals surface area contributed by atoms with Gasteiger partial charge >= 0.3 is 5.97 Å². The molecule has 9 heteroatoms. The third-order valence-corrected chi connectivity index (χ3v) is 5.68. The third-order valence-electron chi connectivity index (χ3n) is 5.68. The van der Waals surface area contributed by atoms with Gasteiger partial charge in [0, 0.05) is 23.5 Å². The van der Waals surface area contributed by atoms with E-state index in [4.69, 9.17) is 23.4 Å². The molecule has 0 N–H and O–H groups in total. The summed E-state index contributed by atoms with van der Waals surface area (Å²) in [7, 11) is 4.57. The fourth-order valence-electron chi connectivity index (χ4n) is 3.86. The second-order valence-electron chi connectivity index (χ2n) is 7.85. The van der Waals surface area contributed by atoms with Crippen molar-refractivity contribution in [3.63, 3.8) is 0 Å². The van der Waals surface area contributed by atoms with E-state index < -0.39 is 5.97 Å². The number of carbonyl (C=O) groups excluding carboxylic acids is 1. The van der Waals surface area contributed by atoms with Gasteiger partial charge in [0.2, 0.25) is 11.6 Å². The fraction of sp³-hybridized carbons (Fsp3) is 0.269. The summed E-state index contributed by atoms with van der Waals surface area (Å²) < 4.78 is 29.3. The molecule has 2 aromatic heterocycles. The van der Waals surface area contributed by atoms with Crippen molar-refractivity contribution in [2.24, 2.45) is 0 Å². The third kappa shape index (κ3) is 4.98. The lowest BCUT2D eigenvalue weighted by Gasteiger charge is -2.12. The van der Waals surface area contributed by atoms with Gasteiger partial charge in [-0.1, -0.05) is 30.3 Å². The molecule has 0 fully saturated rings. The summed E-state index contributed by atoms with van der Waals surface area (Å²) >= 11 is 0. The Morgan fingerprint density at radius 1 is 0.943 bits per heavy atom. The van der Waals surface area contributed by atoms with Crippen LogP contribution in [0.4, 0.5) is 0 Å². The molecule has 0 amide bonds. The van der Waals surface area contributed by atoms with Gasteiger partial charge in [0.05, 0.1) is 26.9 Å². The first-order chi connectivity index (χ1) is 16.9. The minimum atomic E-state index is -0.454. The van der Waals surface area contributed by atoms with Gasteiger partial charge in [-0.25, -0.2) is 4.79 Å². The molecule has 0 saturated carbocycles. The molecule has 182 valence electrons. The van der Waals surface area contributed by atoms with Crippen LogP contribution in [0.15, 0.2) is 52.9 Å². The topological polar surface area (TPSA) is 97.8 Å². The lowest BCUT2D eigenvalue weighted by Crippen LogP contribution is -2.09. The van der Waals surface area contributed by atoms with Gasteiger partial charge in [-0.2, -0.15) is 0 Å². The Labute approximate surface area is 203 Å². The zero-order chi connectivity index (χ0) is 24.9. The Hall–Kier alpha value is -4.27. The van der Waals surface area contributed by atoms with E-state index in [1.54, 1.807) is 12.1 Å². The van der Waals surface area contributed by atoms with Crippen LogP contribution in [0.5, 0.6) is 17.2 Å². The first-order valence-corrected chi connectivity index (χ1v) is 11.0. The van der Waals surface area contributed by atoms with Gasteiger partial charge in [0.15, 0.2) is 18.1 Å².